The van der Waals surface area contributed by atoms with Gasteiger partial charge in [-0.05, 0) is 0 Å². The first-order valence-electron chi connectivity index (χ1n) is 3.71. The van der Waals surface area contributed by atoms with Crippen LogP contribution in [0.3, 0.4) is 0 Å². The Hall–Kier alpha value is -1.23. The van der Waals surface area contributed by atoms with E-state index in [1.807, 2.05) is 0 Å². The maximum atomic E-state index is 11.2. The molecule has 0 aliphatic carbocycles. The van der Waals surface area contributed by atoms with Crippen LogP contribution >= 0.6 is 11.6 Å². The third kappa shape index (κ3) is 1.92. The predicted octanol–water partition coefficient (Wildman–Crippen LogP) is 0.531. The Kier molecular flexibility index (Phi) is 2.77. The highest BCUT2D eigenvalue weighted by Crippen LogP contribution is 2.14. The van der Waals surface area contributed by atoms with Gasteiger partial charge >= 0.3 is 0 Å². The zero-order valence-electron chi connectivity index (χ0n) is 7.68. The fraction of sp³-hybridized carbons (Fsp3) is 0.429. The monoisotopic (exact) mass is 202 g/mol. The molecular formula is C7H11ClN4O. The van der Waals surface area contributed by atoms with E-state index in [2.05, 4.69) is 15.3 Å². The van der Waals surface area contributed by atoms with Crippen LogP contribution in [0.5, 0.6) is 0 Å². The Morgan fingerprint density at radius 1 is 1.54 bits per heavy atom. The SMILES string of the molecule is CNc1nc(N(C)C)[nH]c(=O)c1Cl. The van der Waals surface area contributed by atoms with Gasteiger partial charge in [-0.25, -0.2) is 0 Å². The largest absolute Gasteiger partial charge is 0.372 e. The molecule has 0 unspecified atom stereocenters. The van der Waals surface area contributed by atoms with Crippen LogP contribution in [0.1, 0.15) is 0 Å². The number of aromatic amines is 1. The highest BCUT2D eigenvalue weighted by atomic mass is 35.5. The Morgan fingerprint density at radius 3 is 2.62 bits per heavy atom. The number of H-pyrrole nitrogens is 1. The summed E-state index contributed by atoms with van der Waals surface area (Å²) in [6, 6.07) is 0. The van der Waals surface area contributed by atoms with Gasteiger partial charge in [-0.15, -0.1) is 0 Å². The van der Waals surface area contributed by atoms with Crippen molar-refractivity contribution < 1.29 is 0 Å². The van der Waals surface area contributed by atoms with E-state index in [9.17, 15) is 4.79 Å². The van der Waals surface area contributed by atoms with Gasteiger partial charge in [-0.3, -0.25) is 9.78 Å². The molecule has 1 aromatic heterocycles. The van der Waals surface area contributed by atoms with Gasteiger partial charge in [0.2, 0.25) is 5.95 Å². The van der Waals surface area contributed by atoms with E-state index in [-0.39, 0.29) is 10.6 Å². The van der Waals surface area contributed by atoms with Gasteiger partial charge in [0, 0.05) is 21.1 Å². The molecule has 0 aromatic carbocycles. The molecule has 0 radical (unpaired) electrons. The van der Waals surface area contributed by atoms with Crippen molar-refractivity contribution in [3.8, 4) is 0 Å². The molecule has 2 N–H and O–H groups in total. The molecule has 6 heteroatoms. The lowest BCUT2D eigenvalue weighted by Crippen LogP contribution is -2.20. The average Bonchev–Trinajstić information content (AvgIpc) is 2.09. The van der Waals surface area contributed by atoms with Crippen molar-refractivity contribution in [2.75, 3.05) is 31.4 Å². The summed E-state index contributed by atoms with van der Waals surface area (Å²) in [7, 11) is 5.23. The summed E-state index contributed by atoms with van der Waals surface area (Å²) in [4.78, 5) is 19.5. The van der Waals surface area contributed by atoms with Gasteiger partial charge in [0.15, 0.2) is 5.82 Å². The summed E-state index contributed by atoms with van der Waals surface area (Å²) in [5.74, 6) is 0.855. The summed E-state index contributed by atoms with van der Waals surface area (Å²) in [5, 5.41) is 2.82. The lowest BCUT2D eigenvalue weighted by Gasteiger charge is -2.11. The van der Waals surface area contributed by atoms with E-state index >= 15 is 0 Å². The van der Waals surface area contributed by atoms with Crippen molar-refractivity contribution in [1.82, 2.24) is 9.97 Å². The van der Waals surface area contributed by atoms with Crippen molar-refractivity contribution in [3.63, 3.8) is 0 Å². The minimum absolute atomic E-state index is 0.0769. The maximum Gasteiger partial charge on any atom is 0.273 e. The van der Waals surface area contributed by atoms with E-state index in [0.29, 0.717) is 11.8 Å². The Morgan fingerprint density at radius 2 is 2.15 bits per heavy atom. The van der Waals surface area contributed by atoms with E-state index in [1.54, 1.807) is 26.0 Å². The lowest BCUT2D eigenvalue weighted by molar-refractivity contribution is 0.982. The Bertz CT molecular complexity index is 360. The van der Waals surface area contributed by atoms with E-state index in [0.717, 1.165) is 0 Å². The summed E-state index contributed by atoms with van der Waals surface area (Å²) in [6.07, 6.45) is 0. The van der Waals surface area contributed by atoms with Gasteiger partial charge in [0.05, 0.1) is 0 Å². The molecule has 5 nitrogen and oxygen atoms in total. The normalized spacial score (nSPS) is 9.85. The van der Waals surface area contributed by atoms with Crippen LogP contribution in [-0.4, -0.2) is 31.1 Å². The zero-order chi connectivity index (χ0) is 10.0. The molecule has 0 saturated carbocycles. The van der Waals surface area contributed by atoms with Crippen LogP contribution in [-0.2, 0) is 0 Å². The van der Waals surface area contributed by atoms with Crippen molar-refractivity contribution in [2.24, 2.45) is 0 Å². The second-order valence-corrected chi connectivity index (χ2v) is 3.07. The molecule has 0 atom stereocenters. The predicted molar refractivity (Wildman–Crippen MR) is 53.7 cm³/mol. The van der Waals surface area contributed by atoms with E-state index in [4.69, 9.17) is 11.6 Å². The maximum absolute atomic E-state index is 11.2. The molecule has 0 bridgehead atoms. The first-order valence-corrected chi connectivity index (χ1v) is 4.09. The topological polar surface area (TPSA) is 61.0 Å². The fourth-order valence-corrected chi connectivity index (χ4v) is 1.01. The fourth-order valence-electron chi connectivity index (χ4n) is 0.824. The smallest absolute Gasteiger partial charge is 0.273 e. The molecule has 0 amide bonds. The summed E-state index contributed by atoms with van der Waals surface area (Å²) < 4.78 is 0. The van der Waals surface area contributed by atoms with Crippen molar-refractivity contribution >= 4 is 23.4 Å². The molecule has 72 valence electrons. The highest BCUT2D eigenvalue weighted by Gasteiger charge is 2.08. The molecule has 1 aromatic rings. The van der Waals surface area contributed by atoms with Crippen LogP contribution in [0, 0.1) is 0 Å². The minimum Gasteiger partial charge on any atom is -0.372 e. The van der Waals surface area contributed by atoms with Crippen LogP contribution in [0.15, 0.2) is 4.79 Å². The molecule has 0 spiro atoms. The number of nitrogens with zero attached hydrogens (tertiary/aromatic N) is 2. The first-order chi connectivity index (χ1) is 6.06. The number of hydrogen-bond donors (Lipinski definition) is 2. The molecule has 0 fully saturated rings. The van der Waals surface area contributed by atoms with Crippen LogP contribution in [0.2, 0.25) is 5.02 Å². The molecule has 0 aliphatic rings. The standard InChI is InChI=1S/C7H11ClN4O/c1-9-5-4(8)6(13)11-7(10-5)12(2)3/h1-3H3,(H2,9,10,11,13). The number of anilines is 2. The van der Waals surface area contributed by atoms with Gasteiger partial charge in [0.25, 0.3) is 5.56 Å². The van der Waals surface area contributed by atoms with Gasteiger partial charge < -0.3 is 10.2 Å². The van der Waals surface area contributed by atoms with Crippen molar-refractivity contribution in [1.29, 1.82) is 0 Å². The minimum atomic E-state index is -0.343. The molecule has 1 rings (SSSR count). The van der Waals surface area contributed by atoms with Gasteiger partial charge in [-0.1, -0.05) is 11.6 Å². The lowest BCUT2D eigenvalue weighted by atomic mass is 10.5. The summed E-state index contributed by atoms with van der Waals surface area (Å²) in [5.41, 5.74) is -0.343. The van der Waals surface area contributed by atoms with Crippen LogP contribution in [0.4, 0.5) is 11.8 Å². The van der Waals surface area contributed by atoms with Gasteiger partial charge in [-0.2, -0.15) is 4.98 Å². The quantitative estimate of drug-likeness (QED) is 0.735. The summed E-state index contributed by atoms with van der Waals surface area (Å²) in [6.45, 7) is 0. The van der Waals surface area contributed by atoms with E-state index < -0.39 is 0 Å². The highest BCUT2D eigenvalue weighted by molar-refractivity contribution is 6.32. The number of rotatable bonds is 2. The Labute approximate surface area is 80.7 Å². The van der Waals surface area contributed by atoms with Crippen LogP contribution in [0.25, 0.3) is 0 Å². The third-order valence-electron chi connectivity index (χ3n) is 1.51. The van der Waals surface area contributed by atoms with E-state index in [1.165, 1.54) is 0 Å². The molecule has 0 aliphatic heterocycles. The van der Waals surface area contributed by atoms with Gasteiger partial charge in [0.1, 0.15) is 5.02 Å². The second kappa shape index (κ2) is 3.66. The average molecular weight is 203 g/mol. The number of nitrogens with one attached hydrogen (secondary N) is 2. The Balaban J connectivity index is 3.31. The number of aromatic nitrogens is 2. The number of halogens is 1. The number of hydrogen-bond acceptors (Lipinski definition) is 4. The summed E-state index contributed by atoms with van der Waals surface area (Å²) >= 11 is 5.68. The third-order valence-corrected chi connectivity index (χ3v) is 1.86. The molecule has 0 saturated heterocycles. The second-order valence-electron chi connectivity index (χ2n) is 2.70. The van der Waals surface area contributed by atoms with Crippen molar-refractivity contribution in [2.45, 2.75) is 0 Å². The van der Waals surface area contributed by atoms with Crippen LogP contribution < -0.4 is 15.8 Å². The molecule has 13 heavy (non-hydrogen) atoms. The first kappa shape index (κ1) is 9.85. The molecular weight excluding hydrogens is 192 g/mol. The van der Waals surface area contributed by atoms with Crippen molar-refractivity contribution in [3.05, 3.63) is 15.4 Å². The zero-order valence-corrected chi connectivity index (χ0v) is 8.44. The molecule has 1 heterocycles.